The molecule has 2 N–H and O–H groups in total. The van der Waals surface area contributed by atoms with Crippen LogP contribution in [0.2, 0.25) is 10.0 Å². The fraction of sp³-hybridized carbons (Fsp3) is 0.238. The molecule has 2 rings (SSSR count). The standard InChI is InChI=1S/C21H22Cl2N2O3/c1-3-4-5-20(26)25-18-10-9-16(13-19(18)28-2)24-21(27)11-7-14-6-8-15(22)12-17(14)23/h6-13H,3-5H2,1-2H3,(H,24,27)(H,25,26). The van der Waals surface area contributed by atoms with Crippen LogP contribution in [0.4, 0.5) is 11.4 Å². The molecule has 0 saturated carbocycles. The van der Waals surface area contributed by atoms with Crippen molar-refractivity contribution in [1.29, 1.82) is 0 Å². The Labute approximate surface area is 174 Å². The van der Waals surface area contributed by atoms with E-state index in [2.05, 4.69) is 10.6 Å². The molecule has 0 heterocycles. The van der Waals surface area contributed by atoms with Crippen molar-refractivity contribution in [2.24, 2.45) is 0 Å². The number of anilines is 2. The number of carbonyl (C=O) groups is 2. The monoisotopic (exact) mass is 420 g/mol. The molecule has 2 aromatic rings. The Morgan fingerprint density at radius 2 is 1.89 bits per heavy atom. The van der Waals surface area contributed by atoms with Crippen molar-refractivity contribution < 1.29 is 14.3 Å². The lowest BCUT2D eigenvalue weighted by Crippen LogP contribution is -2.12. The summed E-state index contributed by atoms with van der Waals surface area (Å²) in [6.07, 6.45) is 5.21. The van der Waals surface area contributed by atoms with Crippen molar-refractivity contribution in [2.45, 2.75) is 26.2 Å². The highest BCUT2D eigenvalue weighted by atomic mass is 35.5. The zero-order valence-corrected chi connectivity index (χ0v) is 17.2. The minimum atomic E-state index is -0.326. The maximum absolute atomic E-state index is 12.2. The van der Waals surface area contributed by atoms with Gasteiger partial charge in [0, 0.05) is 34.3 Å². The predicted molar refractivity (Wildman–Crippen MR) is 115 cm³/mol. The summed E-state index contributed by atoms with van der Waals surface area (Å²) >= 11 is 11.9. The number of amides is 2. The van der Waals surface area contributed by atoms with Gasteiger partial charge < -0.3 is 15.4 Å². The molecule has 0 unspecified atom stereocenters. The first-order valence-electron chi connectivity index (χ1n) is 8.85. The molecule has 0 radical (unpaired) electrons. The average Bonchev–Trinajstić information content (AvgIpc) is 2.66. The van der Waals surface area contributed by atoms with Crippen molar-refractivity contribution in [3.05, 3.63) is 58.1 Å². The van der Waals surface area contributed by atoms with Gasteiger partial charge in [-0.3, -0.25) is 9.59 Å². The van der Waals surface area contributed by atoms with E-state index < -0.39 is 0 Å². The van der Waals surface area contributed by atoms with Crippen molar-refractivity contribution in [2.75, 3.05) is 17.7 Å². The van der Waals surface area contributed by atoms with E-state index in [4.69, 9.17) is 27.9 Å². The van der Waals surface area contributed by atoms with Gasteiger partial charge in [0.15, 0.2) is 0 Å². The van der Waals surface area contributed by atoms with Crippen molar-refractivity contribution >= 4 is 52.5 Å². The lowest BCUT2D eigenvalue weighted by Gasteiger charge is -2.12. The molecule has 0 saturated heterocycles. The van der Waals surface area contributed by atoms with Gasteiger partial charge >= 0.3 is 0 Å². The van der Waals surface area contributed by atoms with Crippen LogP contribution in [0.5, 0.6) is 5.75 Å². The molecule has 0 aliphatic rings. The van der Waals surface area contributed by atoms with Crippen LogP contribution in [0.3, 0.4) is 0 Å². The van der Waals surface area contributed by atoms with Gasteiger partial charge in [-0.05, 0) is 42.3 Å². The summed E-state index contributed by atoms with van der Waals surface area (Å²) in [5.74, 6) is 0.0693. The maximum atomic E-state index is 12.2. The maximum Gasteiger partial charge on any atom is 0.248 e. The number of ether oxygens (including phenoxy) is 1. The first-order valence-corrected chi connectivity index (χ1v) is 9.60. The highest BCUT2D eigenvalue weighted by Gasteiger charge is 2.09. The molecule has 0 bridgehead atoms. The number of methoxy groups -OCH3 is 1. The lowest BCUT2D eigenvalue weighted by atomic mass is 10.2. The molecule has 148 valence electrons. The quantitative estimate of drug-likeness (QED) is 0.531. The van der Waals surface area contributed by atoms with Gasteiger partial charge in [0.25, 0.3) is 0 Å². The minimum Gasteiger partial charge on any atom is -0.494 e. The first-order chi connectivity index (χ1) is 13.4. The molecule has 0 aromatic heterocycles. The number of rotatable bonds is 8. The van der Waals surface area contributed by atoms with Gasteiger partial charge in [-0.1, -0.05) is 42.6 Å². The van der Waals surface area contributed by atoms with Crippen molar-refractivity contribution in [1.82, 2.24) is 0 Å². The molecule has 0 spiro atoms. The number of benzene rings is 2. The fourth-order valence-electron chi connectivity index (χ4n) is 2.41. The highest BCUT2D eigenvalue weighted by Crippen LogP contribution is 2.28. The summed E-state index contributed by atoms with van der Waals surface area (Å²) < 4.78 is 5.32. The van der Waals surface area contributed by atoms with E-state index in [1.54, 1.807) is 42.5 Å². The van der Waals surface area contributed by atoms with Crippen LogP contribution < -0.4 is 15.4 Å². The van der Waals surface area contributed by atoms with Crippen molar-refractivity contribution in [3.8, 4) is 5.75 Å². The van der Waals surface area contributed by atoms with Crippen LogP contribution in [-0.4, -0.2) is 18.9 Å². The van der Waals surface area contributed by atoms with Crippen LogP contribution in [0.25, 0.3) is 6.08 Å². The number of nitrogens with one attached hydrogen (secondary N) is 2. The Bertz CT molecular complexity index is 882. The minimum absolute atomic E-state index is 0.0697. The van der Waals surface area contributed by atoms with Gasteiger partial charge in [-0.15, -0.1) is 0 Å². The van der Waals surface area contributed by atoms with Crippen LogP contribution >= 0.6 is 23.2 Å². The Kier molecular flexibility index (Phi) is 8.36. The van der Waals surface area contributed by atoms with Crippen LogP contribution in [0.1, 0.15) is 31.7 Å². The van der Waals surface area contributed by atoms with Gasteiger partial charge in [0.05, 0.1) is 12.8 Å². The second-order valence-electron chi connectivity index (χ2n) is 6.06. The summed E-state index contributed by atoms with van der Waals surface area (Å²) in [7, 11) is 1.51. The SMILES string of the molecule is CCCCC(=O)Nc1ccc(NC(=O)C=Cc2ccc(Cl)cc2Cl)cc1OC. The zero-order chi connectivity index (χ0) is 20.5. The van der Waals surface area contributed by atoms with Gasteiger partial charge in [0.2, 0.25) is 11.8 Å². The number of hydrogen-bond donors (Lipinski definition) is 2. The Hall–Kier alpha value is -2.50. The molecule has 0 aliphatic heterocycles. The molecular formula is C21H22Cl2N2O3. The van der Waals surface area contributed by atoms with Gasteiger partial charge in [0.1, 0.15) is 5.75 Å². The summed E-state index contributed by atoms with van der Waals surface area (Å²) in [6, 6.07) is 10.1. The molecular weight excluding hydrogens is 399 g/mol. The normalized spacial score (nSPS) is 10.7. The second kappa shape index (κ2) is 10.7. The molecule has 2 amide bonds. The average molecular weight is 421 g/mol. The Morgan fingerprint density at radius 3 is 2.57 bits per heavy atom. The van der Waals surface area contributed by atoms with Crippen LogP contribution in [0, 0.1) is 0 Å². The van der Waals surface area contributed by atoms with Crippen LogP contribution in [-0.2, 0) is 9.59 Å². The number of carbonyl (C=O) groups excluding carboxylic acids is 2. The third-order valence-corrected chi connectivity index (χ3v) is 4.44. The Morgan fingerprint density at radius 1 is 1.11 bits per heavy atom. The number of unbranched alkanes of at least 4 members (excludes halogenated alkanes) is 1. The number of halogens is 2. The highest BCUT2D eigenvalue weighted by molar-refractivity contribution is 6.35. The van der Waals surface area contributed by atoms with E-state index in [-0.39, 0.29) is 11.8 Å². The van der Waals surface area contributed by atoms with Crippen LogP contribution in [0.15, 0.2) is 42.5 Å². The van der Waals surface area contributed by atoms with E-state index in [1.807, 2.05) is 6.92 Å². The summed E-state index contributed by atoms with van der Waals surface area (Å²) in [5, 5.41) is 6.55. The smallest absolute Gasteiger partial charge is 0.248 e. The second-order valence-corrected chi connectivity index (χ2v) is 6.90. The molecule has 0 atom stereocenters. The zero-order valence-electron chi connectivity index (χ0n) is 15.7. The third kappa shape index (κ3) is 6.59. The van der Waals surface area contributed by atoms with E-state index in [9.17, 15) is 9.59 Å². The fourth-order valence-corrected chi connectivity index (χ4v) is 2.88. The predicted octanol–water partition coefficient (Wildman–Crippen LogP) is 5.78. The number of hydrogen-bond acceptors (Lipinski definition) is 3. The molecule has 2 aromatic carbocycles. The van der Waals surface area contributed by atoms with Gasteiger partial charge in [-0.25, -0.2) is 0 Å². The molecule has 7 heteroatoms. The van der Waals surface area contributed by atoms with E-state index in [0.717, 1.165) is 12.8 Å². The molecule has 0 aliphatic carbocycles. The first kappa shape index (κ1) is 21.8. The molecule has 0 fully saturated rings. The van der Waals surface area contributed by atoms with Crippen molar-refractivity contribution in [3.63, 3.8) is 0 Å². The summed E-state index contributed by atoms with van der Waals surface area (Å²) in [5.41, 5.74) is 1.79. The summed E-state index contributed by atoms with van der Waals surface area (Å²) in [4.78, 5) is 24.1. The molecule has 28 heavy (non-hydrogen) atoms. The topological polar surface area (TPSA) is 67.4 Å². The third-order valence-electron chi connectivity index (χ3n) is 3.88. The van der Waals surface area contributed by atoms with E-state index in [0.29, 0.717) is 39.2 Å². The lowest BCUT2D eigenvalue weighted by molar-refractivity contribution is -0.116. The Balaban J connectivity index is 2.04. The van der Waals surface area contributed by atoms with E-state index in [1.165, 1.54) is 13.2 Å². The van der Waals surface area contributed by atoms with Gasteiger partial charge in [-0.2, -0.15) is 0 Å². The largest absolute Gasteiger partial charge is 0.494 e. The molecule has 5 nitrogen and oxygen atoms in total. The summed E-state index contributed by atoms with van der Waals surface area (Å²) in [6.45, 7) is 2.03. The van der Waals surface area contributed by atoms with E-state index >= 15 is 0 Å².